The Balaban J connectivity index is 1.64. The van der Waals surface area contributed by atoms with Gasteiger partial charge in [0.2, 0.25) is 11.4 Å². The highest BCUT2D eigenvalue weighted by Crippen LogP contribution is 2.45. The van der Waals surface area contributed by atoms with E-state index in [-0.39, 0.29) is 0 Å². The first kappa shape index (κ1) is 53.9. The second-order valence-electron chi connectivity index (χ2n) is 19.7. The molecule has 0 saturated heterocycles. The molecule has 0 N–H and O–H groups in total. The van der Waals surface area contributed by atoms with Crippen LogP contribution in [0, 0.1) is 0 Å². The van der Waals surface area contributed by atoms with Crippen LogP contribution in [0.15, 0.2) is 47.5 Å². The third kappa shape index (κ3) is 21.0. The van der Waals surface area contributed by atoms with Crippen molar-refractivity contribution in [1.29, 1.82) is 0 Å². The SMILES string of the molecule is CCCCCCCCCCCCCCCCCCCCCCCCC1=C(c2cc(CCCC)cc(CCCC)c2)[N+](=[N-])C(c2cc(CCCC)cc(CCCC)c2)=C1CCCC. The van der Waals surface area contributed by atoms with Crippen molar-refractivity contribution in [3.05, 3.63) is 86.5 Å². The molecule has 2 aromatic rings. The van der Waals surface area contributed by atoms with Gasteiger partial charge in [-0.2, -0.15) is 0 Å². The van der Waals surface area contributed by atoms with Crippen molar-refractivity contribution in [1.82, 2.24) is 0 Å². The topological polar surface area (TPSA) is 25.3 Å². The molecule has 0 spiro atoms. The van der Waals surface area contributed by atoms with Gasteiger partial charge in [-0.3, -0.25) is 0 Å². The first-order chi connectivity index (χ1) is 30.5. The quantitative estimate of drug-likeness (QED) is 0.0472. The van der Waals surface area contributed by atoms with E-state index in [1.54, 1.807) is 4.70 Å². The van der Waals surface area contributed by atoms with Gasteiger partial charge in [-0.15, -0.1) is 0 Å². The molecule has 2 nitrogen and oxygen atoms in total. The van der Waals surface area contributed by atoms with Crippen LogP contribution in [0.1, 0.15) is 293 Å². The molecule has 3 rings (SSSR count). The van der Waals surface area contributed by atoms with Gasteiger partial charge in [-0.25, -0.2) is 4.70 Å². The summed E-state index contributed by atoms with van der Waals surface area (Å²) >= 11 is 0. The van der Waals surface area contributed by atoms with Gasteiger partial charge in [-0.1, -0.05) is 221 Å². The Kier molecular flexibility index (Phi) is 30.3. The summed E-state index contributed by atoms with van der Waals surface area (Å²) < 4.78 is 1.68. The molecular weight excluding hydrogens is 749 g/mol. The summed E-state index contributed by atoms with van der Waals surface area (Å²) in [5, 5.41) is 0. The maximum atomic E-state index is 12.7. The predicted octanol–water partition coefficient (Wildman–Crippen LogP) is 20.4. The summed E-state index contributed by atoms with van der Waals surface area (Å²) in [6.45, 7) is 13.8. The second kappa shape index (κ2) is 34.9. The van der Waals surface area contributed by atoms with E-state index in [4.69, 9.17) is 0 Å². The number of unbranched alkanes of at least 4 members (excludes halogenated alkanes) is 26. The van der Waals surface area contributed by atoms with Crippen LogP contribution in [0.4, 0.5) is 0 Å². The van der Waals surface area contributed by atoms with E-state index in [0.717, 1.165) is 62.8 Å². The predicted molar refractivity (Wildman–Crippen MR) is 276 cm³/mol. The summed E-state index contributed by atoms with van der Waals surface area (Å²) in [4.78, 5) is 0. The van der Waals surface area contributed by atoms with Gasteiger partial charge in [0.05, 0.1) is 0 Å². The number of allylic oxidation sites excluding steroid dienone is 2. The van der Waals surface area contributed by atoms with Gasteiger partial charge < -0.3 is 5.53 Å². The van der Waals surface area contributed by atoms with Crippen molar-refractivity contribution in [3.63, 3.8) is 0 Å². The summed E-state index contributed by atoms with van der Waals surface area (Å²) in [7, 11) is 0. The van der Waals surface area contributed by atoms with Gasteiger partial charge in [0.15, 0.2) is 0 Å². The number of nitrogens with zero attached hydrogens (tertiary/aromatic N) is 2. The lowest BCUT2D eigenvalue weighted by molar-refractivity contribution is -0.345. The van der Waals surface area contributed by atoms with E-state index in [2.05, 4.69) is 77.9 Å². The fourth-order valence-corrected chi connectivity index (χ4v) is 9.95. The molecule has 0 fully saturated rings. The first-order valence-electron chi connectivity index (χ1n) is 27.7. The van der Waals surface area contributed by atoms with Crippen molar-refractivity contribution >= 4 is 11.4 Å². The van der Waals surface area contributed by atoms with E-state index in [1.165, 1.54) is 237 Å². The average molecular weight is 849 g/mol. The zero-order valence-corrected chi connectivity index (χ0v) is 42.2. The summed E-state index contributed by atoms with van der Waals surface area (Å²) in [5.41, 5.74) is 25.9. The molecule has 0 unspecified atom stereocenters. The molecule has 1 aliphatic heterocycles. The molecular formula is C60H100N2. The molecule has 1 aliphatic rings. The third-order valence-electron chi connectivity index (χ3n) is 13.8. The number of aryl methyl sites for hydroxylation is 4. The minimum atomic E-state index is 1.03. The Hall–Kier alpha value is -2.48. The molecule has 0 aromatic heterocycles. The zero-order valence-electron chi connectivity index (χ0n) is 42.2. The van der Waals surface area contributed by atoms with Gasteiger partial charge in [0.1, 0.15) is 0 Å². The molecule has 0 radical (unpaired) electrons. The van der Waals surface area contributed by atoms with Crippen molar-refractivity contribution in [2.24, 2.45) is 0 Å². The lowest BCUT2D eigenvalue weighted by Crippen LogP contribution is -2.05. The minimum Gasteiger partial charge on any atom is -0.493 e. The van der Waals surface area contributed by atoms with Crippen molar-refractivity contribution in [2.75, 3.05) is 0 Å². The number of benzene rings is 2. The van der Waals surface area contributed by atoms with Gasteiger partial charge in [-0.05, 0) is 124 Å². The smallest absolute Gasteiger partial charge is 0.211 e. The summed E-state index contributed by atoms with van der Waals surface area (Å²) in [5.74, 6) is 0. The highest BCUT2D eigenvalue weighted by molar-refractivity contribution is 5.82. The van der Waals surface area contributed by atoms with Crippen LogP contribution in [-0.4, -0.2) is 4.70 Å². The van der Waals surface area contributed by atoms with E-state index >= 15 is 0 Å². The molecule has 0 bridgehead atoms. The number of hydrogen-bond donors (Lipinski definition) is 0. The van der Waals surface area contributed by atoms with E-state index in [1.807, 2.05) is 0 Å². The first-order valence-corrected chi connectivity index (χ1v) is 27.7. The van der Waals surface area contributed by atoms with Crippen molar-refractivity contribution in [3.8, 4) is 0 Å². The summed E-state index contributed by atoms with van der Waals surface area (Å²) in [6, 6.07) is 14.7. The molecule has 62 heavy (non-hydrogen) atoms. The molecule has 2 aromatic carbocycles. The maximum Gasteiger partial charge on any atom is 0.211 e. The van der Waals surface area contributed by atoms with Crippen LogP contribution in [0.5, 0.6) is 0 Å². The minimum absolute atomic E-state index is 1.03. The molecule has 1 heterocycles. The summed E-state index contributed by atoms with van der Waals surface area (Å²) in [6.07, 6.45) is 49.6. The third-order valence-corrected chi connectivity index (χ3v) is 13.8. The maximum absolute atomic E-state index is 12.7. The monoisotopic (exact) mass is 849 g/mol. The van der Waals surface area contributed by atoms with Crippen LogP contribution in [-0.2, 0) is 25.7 Å². The van der Waals surface area contributed by atoms with Crippen LogP contribution in [0.25, 0.3) is 16.9 Å². The van der Waals surface area contributed by atoms with E-state index < -0.39 is 0 Å². The molecule has 0 aliphatic carbocycles. The van der Waals surface area contributed by atoms with Crippen LogP contribution in [0.3, 0.4) is 0 Å². The van der Waals surface area contributed by atoms with Gasteiger partial charge in [0.25, 0.3) is 0 Å². The normalized spacial score (nSPS) is 13.1. The van der Waals surface area contributed by atoms with Crippen molar-refractivity contribution < 1.29 is 4.70 Å². The Morgan fingerprint density at radius 3 is 0.774 bits per heavy atom. The van der Waals surface area contributed by atoms with Crippen molar-refractivity contribution in [2.45, 2.75) is 286 Å². The average Bonchev–Trinajstić information content (AvgIpc) is 3.56. The molecule has 0 atom stereocenters. The standard InChI is InChI=1S/C60H100N2/c1-7-13-19-20-21-22-23-24-25-26-27-28-29-30-31-32-33-34-35-36-37-38-44-58-57(43-18-12-6)59(55-47-51(39-14-8-2)45-52(48-55)40-15-9-3)62(61)60(58)56-49-53(41-16-10-4)46-54(50-56)42-17-11-5/h45-50H,7-44H2,1-6H3. The lowest BCUT2D eigenvalue weighted by atomic mass is 9.89. The fraction of sp³-hybridized carbons (Fsp3) is 0.733. The second-order valence-corrected chi connectivity index (χ2v) is 19.7. The Labute approximate surface area is 386 Å². The number of hydrogen-bond acceptors (Lipinski definition) is 0. The van der Waals surface area contributed by atoms with E-state index in [9.17, 15) is 5.53 Å². The molecule has 2 heteroatoms. The van der Waals surface area contributed by atoms with Gasteiger partial charge >= 0.3 is 0 Å². The fourth-order valence-electron chi connectivity index (χ4n) is 9.95. The zero-order chi connectivity index (χ0) is 44.5. The molecule has 0 amide bonds. The van der Waals surface area contributed by atoms with Crippen LogP contribution < -0.4 is 0 Å². The highest BCUT2D eigenvalue weighted by atomic mass is 15.2. The van der Waals surface area contributed by atoms with Crippen LogP contribution in [0.2, 0.25) is 0 Å². The molecule has 350 valence electrons. The Morgan fingerprint density at radius 2 is 0.500 bits per heavy atom. The lowest BCUT2D eigenvalue weighted by Gasteiger charge is -2.14. The van der Waals surface area contributed by atoms with E-state index in [0.29, 0.717) is 0 Å². The largest absolute Gasteiger partial charge is 0.493 e. The highest BCUT2D eigenvalue weighted by Gasteiger charge is 2.35. The Bertz CT molecular complexity index is 1490. The van der Waals surface area contributed by atoms with Gasteiger partial charge in [0, 0.05) is 22.3 Å². The Morgan fingerprint density at radius 1 is 0.274 bits per heavy atom. The molecule has 0 saturated carbocycles. The van der Waals surface area contributed by atoms with Crippen LogP contribution >= 0.6 is 0 Å². The number of rotatable bonds is 40.